The summed E-state index contributed by atoms with van der Waals surface area (Å²) in [6.07, 6.45) is -3.61. The quantitative estimate of drug-likeness (QED) is 0.456. The Labute approximate surface area is 190 Å². The van der Waals surface area contributed by atoms with E-state index in [1.54, 1.807) is 0 Å². The number of carbonyl (C=O) groups is 1. The maximum absolute atomic E-state index is 13.2. The number of nitrogens with zero attached hydrogens (tertiary/aromatic N) is 2. The molecule has 33 heavy (non-hydrogen) atoms. The van der Waals surface area contributed by atoms with Crippen LogP contribution in [0.2, 0.25) is 0 Å². The van der Waals surface area contributed by atoms with Gasteiger partial charge in [-0.1, -0.05) is 26.0 Å². The maximum Gasteiger partial charge on any atom is 0.416 e. The van der Waals surface area contributed by atoms with Crippen LogP contribution in [0.3, 0.4) is 0 Å². The van der Waals surface area contributed by atoms with Gasteiger partial charge in [-0.3, -0.25) is 4.79 Å². The van der Waals surface area contributed by atoms with Crippen molar-refractivity contribution in [2.24, 2.45) is 5.41 Å². The van der Waals surface area contributed by atoms with Gasteiger partial charge < -0.3 is 10.6 Å². The number of fused-ring (bicyclic) bond motifs is 1. The van der Waals surface area contributed by atoms with Crippen molar-refractivity contribution >= 4 is 28.9 Å². The number of alkyl halides is 3. The molecule has 0 atom stereocenters. The summed E-state index contributed by atoms with van der Waals surface area (Å²) in [5, 5.41) is 6.11. The Morgan fingerprint density at radius 1 is 0.909 bits per heavy atom. The molecule has 1 aliphatic rings. The van der Waals surface area contributed by atoms with Gasteiger partial charge in [0.25, 0.3) is 0 Å². The van der Waals surface area contributed by atoms with Crippen LogP contribution in [0.4, 0.5) is 36.3 Å². The highest BCUT2D eigenvalue weighted by atomic mass is 19.4. The molecule has 0 bridgehead atoms. The van der Waals surface area contributed by atoms with E-state index in [1.807, 2.05) is 45.9 Å². The highest BCUT2D eigenvalue weighted by molar-refractivity contribution is 6.03. The minimum absolute atomic E-state index is 0.131. The molecule has 0 saturated heterocycles. The molecule has 1 heterocycles. The smallest absolute Gasteiger partial charge is 0.339 e. The average molecular weight is 454 g/mol. The summed E-state index contributed by atoms with van der Waals surface area (Å²) in [4.78, 5) is 22.1. The highest BCUT2D eigenvalue weighted by Crippen LogP contribution is 2.38. The summed E-state index contributed by atoms with van der Waals surface area (Å²) in [6.45, 7) is 7.99. The van der Waals surface area contributed by atoms with Crippen LogP contribution in [0.5, 0.6) is 0 Å². The number of halogens is 3. The van der Waals surface area contributed by atoms with Gasteiger partial charge in [0.2, 0.25) is 5.95 Å². The number of hydrogen-bond acceptors (Lipinski definition) is 5. The third kappa shape index (κ3) is 4.99. The molecule has 2 N–H and O–H groups in total. The van der Waals surface area contributed by atoms with Crippen LogP contribution >= 0.6 is 0 Å². The van der Waals surface area contributed by atoms with Gasteiger partial charge in [0.05, 0.1) is 16.8 Å². The molecule has 2 aromatic carbocycles. The number of aryl methyl sites for hydroxylation is 2. The largest absolute Gasteiger partial charge is 0.416 e. The number of aromatic nitrogens is 2. The fraction of sp³-hybridized carbons (Fsp3) is 0.320. The molecule has 4 rings (SSSR count). The number of hydrogen-bond donors (Lipinski definition) is 2. The van der Waals surface area contributed by atoms with Crippen LogP contribution in [-0.4, -0.2) is 15.8 Å². The van der Waals surface area contributed by atoms with Gasteiger partial charge in [-0.15, -0.1) is 0 Å². The van der Waals surface area contributed by atoms with E-state index in [-0.39, 0.29) is 28.7 Å². The molecule has 5 nitrogen and oxygen atoms in total. The Morgan fingerprint density at radius 3 is 2.33 bits per heavy atom. The second-order valence-electron chi connectivity index (χ2n) is 9.29. The molecule has 0 radical (unpaired) electrons. The fourth-order valence-corrected chi connectivity index (χ4v) is 3.97. The average Bonchev–Trinajstić information content (AvgIpc) is 2.69. The Hall–Kier alpha value is -3.42. The molecule has 0 unspecified atom stereocenters. The lowest BCUT2D eigenvalue weighted by Gasteiger charge is -2.30. The van der Waals surface area contributed by atoms with Crippen molar-refractivity contribution in [3.63, 3.8) is 0 Å². The number of nitrogens with one attached hydrogen (secondary N) is 2. The summed E-state index contributed by atoms with van der Waals surface area (Å²) < 4.78 is 39.5. The molecule has 0 saturated carbocycles. The minimum Gasteiger partial charge on any atom is -0.339 e. The second-order valence-corrected chi connectivity index (χ2v) is 9.29. The molecule has 3 aromatic rings. The number of ketones is 1. The molecule has 1 aromatic heterocycles. The third-order valence-electron chi connectivity index (χ3n) is 5.76. The zero-order valence-corrected chi connectivity index (χ0v) is 18.9. The van der Waals surface area contributed by atoms with E-state index in [2.05, 4.69) is 20.6 Å². The molecular formula is C25H25F3N4O. The predicted octanol–water partition coefficient (Wildman–Crippen LogP) is 6.75. The zero-order valence-electron chi connectivity index (χ0n) is 18.9. The van der Waals surface area contributed by atoms with E-state index in [0.29, 0.717) is 24.1 Å². The van der Waals surface area contributed by atoms with Crippen LogP contribution in [0.15, 0.2) is 42.5 Å². The predicted molar refractivity (Wildman–Crippen MR) is 122 cm³/mol. The molecule has 1 aliphatic carbocycles. The highest BCUT2D eigenvalue weighted by Gasteiger charge is 2.35. The summed E-state index contributed by atoms with van der Waals surface area (Å²) in [6, 6.07) is 10.7. The van der Waals surface area contributed by atoms with Crippen molar-refractivity contribution in [1.29, 1.82) is 0 Å². The lowest BCUT2D eigenvalue weighted by Crippen LogP contribution is -2.29. The number of anilines is 4. The summed E-state index contributed by atoms with van der Waals surface area (Å²) in [5.41, 5.74) is 3.07. The van der Waals surface area contributed by atoms with Crippen molar-refractivity contribution in [3.05, 3.63) is 70.4 Å². The van der Waals surface area contributed by atoms with Crippen molar-refractivity contribution in [2.75, 3.05) is 10.6 Å². The van der Waals surface area contributed by atoms with E-state index in [9.17, 15) is 18.0 Å². The zero-order chi connectivity index (χ0) is 24.0. The molecule has 172 valence electrons. The van der Waals surface area contributed by atoms with E-state index in [0.717, 1.165) is 28.9 Å². The normalized spacial score (nSPS) is 15.2. The van der Waals surface area contributed by atoms with Crippen LogP contribution in [0.1, 0.15) is 53.0 Å². The standard InChI is InChI=1S/C25H25F3N4O/c1-14-8-9-18(10-15(14)2)30-23-31-19-12-24(3,4)13-20(33)21(19)22(32-23)29-17-7-5-6-16(11-17)25(26,27)28/h5-11H,12-13H2,1-4H3,(H2,29,30,31,32). The fourth-order valence-electron chi connectivity index (χ4n) is 3.97. The van der Waals surface area contributed by atoms with Crippen LogP contribution in [-0.2, 0) is 12.6 Å². The van der Waals surface area contributed by atoms with E-state index >= 15 is 0 Å². The van der Waals surface area contributed by atoms with Gasteiger partial charge >= 0.3 is 6.18 Å². The molecule has 0 aliphatic heterocycles. The van der Waals surface area contributed by atoms with E-state index in [1.165, 1.54) is 12.1 Å². The van der Waals surface area contributed by atoms with Gasteiger partial charge in [0, 0.05) is 17.8 Å². The number of rotatable bonds is 4. The summed E-state index contributed by atoms with van der Waals surface area (Å²) in [7, 11) is 0. The van der Waals surface area contributed by atoms with Crippen LogP contribution < -0.4 is 10.6 Å². The number of benzene rings is 2. The van der Waals surface area contributed by atoms with Gasteiger partial charge in [0.15, 0.2) is 5.78 Å². The number of carbonyl (C=O) groups excluding carboxylic acids is 1. The molecule has 0 amide bonds. The van der Waals surface area contributed by atoms with Gasteiger partial charge in [-0.25, -0.2) is 4.98 Å². The first-order chi connectivity index (χ1) is 15.4. The maximum atomic E-state index is 13.2. The number of Topliss-reactive ketones (excluding diaryl/α,β-unsaturated/α-hetero) is 1. The van der Waals surface area contributed by atoms with E-state index < -0.39 is 11.7 Å². The van der Waals surface area contributed by atoms with E-state index in [4.69, 9.17) is 0 Å². The lowest BCUT2D eigenvalue weighted by molar-refractivity contribution is -0.137. The topological polar surface area (TPSA) is 66.9 Å². The first kappa shape index (κ1) is 22.8. The third-order valence-corrected chi connectivity index (χ3v) is 5.76. The van der Waals surface area contributed by atoms with Gasteiger partial charge in [-0.05, 0) is 67.1 Å². The first-order valence-corrected chi connectivity index (χ1v) is 10.6. The summed E-state index contributed by atoms with van der Waals surface area (Å²) >= 11 is 0. The first-order valence-electron chi connectivity index (χ1n) is 10.6. The Bertz CT molecular complexity index is 1230. The Balaban J connectivity index is 1.77. The van der Waals surface area contributed by atoms with Gasteiger partial charge in [-0.2, -0.15) is 18.2 Å². The van der Waals surface area contributed by atoms with Gasteiger partial charge in [0.1, 0.15) is 5.82 Å². The lowest BCUT2D eigenvalue weighted by atomic mass is 9.75. The molecular weight excluding hydrogens is 429 g/mol. The van der Waals surface area contributed by atoms with Crippen LogP contribution in [0.25, 0.3) is 0 Å². The monoisotopic (exact) mass is 454 g/mol. The summed E-state index contributed by atoms with van der Waals surface area (Å²) in [5.74, 6) is 0.344. The van der Waals surface area contributed by atoms with Crippen molar-refractivity contribution < 1.29 is 18.0 Å². The molecule has 0 fully saturated rings. The SMILES string of the molecule is Cc1ccc(Nc2nc3c(c(Nc4cccc(C(F)(F)F)c4)n2)C(=O)CC(C)(C)C3)cc1C. The minimum atomic E-state index is -4.47. The van der Waals surface area contributed by atoms with Crippen molar-refractivity contribution in [1.82, 2.24) is 9.97 Å². The second kappa shape index (κ2) is 8.17. The van der Waals surface area contributed by atoms with Crippen LogP contribution in [0, 0.1) is 19.3 Å². The van der Waals surface area contributed by atoms with Crippen molar-refractivity contribution in [2.45, 2.75) is 46.7 Å². The Kier molecular flexibility index (Phi) is 5.64. The Morgan fingerprint density at radius 2 is 1.64 bits per heavy atom. The molecule has 0 spiro atoms. The van der Waals surface area contributed by atoms with Crippen molar-refractivity contribution in [3.8, 4) is 0 Å². The molecule has 8 heteroatoms.